The van der Waals surface area contributed by atoms with Crippen molar-refractivity contribution in [2.24, 2.45) is 0 Å². The Morgan fingerprint density at radius 2 is 1.88 bits per heavy atom. The van der Waals surface area contributed by atoms with E-state index in [1.54, 1.807) is 0 Å². The Hall–Kier alpha value is -2.22. The van der Waals surface area contributed by atoms with Crippen LogP contribution in [0, 0.1) is 0 Å². The fraction of sp³-hybridized carbons (Fsp3) is 0.556. The van der Waals surface area contributed by atoms with E-state index < -0.39 is 8.32 Å². The van der Waals surface area contributed by atoms with Crippen LogP contribution in [0.5, 0.6) is 0 Å². The summed E-state index contributed by atoms with van der Waals surface area (Å²) in [6.07, 6.45) is 0.836. The number of ether oxygens (including phenoxy) is 1. The molecule has 1 aliphatic carbocycles. The quantitative estimate of drug-likeness (QED) is 0.304. The highest BCUT2D eigenvalue weighted by molar-refractivity contribution is 6.74. The largest absolute Gasteiger partial charge is 0.462 e. The van der Waals surface area contributed by atoms with Crippen LogP contribution in [0.4, 0.5) is 0 Å². The van der Waals surface area contributed by atoms with Crippen LogP contribution in [0.3, 0.4) is 0 Å². The van der Waals surface area contributed by atoms with Crippen LogP contribution in [0.2, 0.25) is 18.1 Å². The predicted octanol–water partition coefficient (Wildman–Crippen LogP) is 5.64. The average Bonchev–Trinajstić information content (AvgIpc) is 3.11. The third-order valence-electron chi connectivity index (χ3n) is 8.20. The Labute approximate surface area is 203 Å². The number of hydrogen-bond donors (Lipinski definition) is 0. The fourth-order valence-electron chi connectivity index (χ4n) is 5.43. The highest BCUT2D eigenvalue weighted by Gasteiger charge is 2.59. The lowest BCUT2D eigenvalue weighted by atomic mass is 9.90. The van der Waals surface area contributed by atoms with Crippen LogP contribution in [0.25, 0.3) is 0 Å². The number of esters is 1. The van der Waals surface area contributed by atoms with Gasteiger partial charge in [-0.05, 0) is 37.0 Å². The molecule has 4 atom stereocenters. The van der Waals surface area contributed by atoms with Crippen molar-refractivity contribution < 1.29 is 18.8 Å². The maximum Gasteiger partial charge on any atom is 0.340 e. The van der Waals surface area contributed by atoms with E-state index >= 15 is 0 Å². The van der Waals surface area contributed by atoms with Gasteiger partial charge in [-0.15, -0.1) is 0 Å². The molecule has 0 N–H and O–H groups in total. The molecule has 5 rings (SSSR count). The first-order valence-corrected chi connectivity index (χ1v) is 15.4. The van der Waals surface area contributed by atoms with Crippen LogP contribution in [0.15, 0.2) is 30.3 Å². The average molecular weight is 481 g/mol. The minimum Gasteiger partial charge on any atom is -0.462 e. The van der Waals surface area contributed by atoms with E-state index in [-0.39, 0.29) is 28.9 Å². The number of hydrogen-bond acceptors (Lipinski definition) is 5. The normalized spacial score (nSPS) is 25.5. The van der Waals surface area contributed by atoms with Crippen molar-refractivity contribution in [1.82, 2.24) is 9.47 Å². The van der Waals surface area contributed by atoms with Gasteiger partial charge in [0.15, 0.2) is 14.1 Å². The third-order valence-corrected chi connectivity index (χ3v) is 12.7. The van der Waals surface area contributed by atoms with Gasteiger partial charge >= 0.3 is 5.97 Å². The summed E-state index contributed by atoms with van der Waals surface area (Å²) in [5, 5.41) is 0.0369. The minimum absolute atomic E-state index is 0.0369. The molecule has 0 spiro atoms. The van der Waals surface area contributed by atoms with E-state index in [9.17, 15) is 9.59 Å². The van der Waals surface area contributed by atoms with Crippen molar-refractivity contribution in [3.8, 4) is 0 Å². The summed E-state index contributed by atoms with van der Waals surface area (Å²) in [5.74, 6) is -0.198. The van der Waals surface area contributed by atoms with Crippen LogP contribution >= 0.6 is 0 Å². The highest BCUT2D eigenvalue weighted by Crippen LogP contribution is 2.56. The molecule has 1 saturated heterocycles. The zero-order chi connectivity index (χ0) is 24.4. The molecule has 2 aliphatic heterocycles. The van der Waals surface area contributed by atoms with Crippen LogP contribution in [-0.2, 0) is 22.3 Å². The second-order valence-corrected chi connectivity index (χ2v) is 16.1. The maximum absolute atomic E-state index is 13.4. The lowest BCUT2D eigenvalue weighted by Gasteiger charge is -2.40. The fourth-order valence-corrected chi connectivity index (χ4v) is 6.73. The van der Waals surface area contributed by atoms with Gasteiger partial charge in [0.2, 0.25) is 0 Å². The predicted molar refractivity (Wildman–Crippen MR) is 133 cm³/mol. The number of Topliss-reactive ketones (excluding diaryl/α,β-unsaturated/α-hetero) is 1. The first-order valence-electron chi connectivity index (χ1n) is 12.5. The van der Waals surface area contributed by atoms with Crippen molar-refractivity contribution in [2.45, 2.75) is 89.9 Å². The lowest BCUT2D eigenvalue weighted by molar-refractivity contribution is 0.0517. The standard InChI is InChI=1S/C27H36N2O4Si/c1-7-32-26(31)22-21-20(33-34(5,6)27(2,3)4)14-13-19(30)24(21)29-16-18-23(25(22)29)28(18)15-17-11-9-8-10-12-17/h8-12,18,20,23H,7,13-16H2,1-6H3/t18-,20?,23-,28?/m0/s1. The summed E-state index contributed by atoms with van der Waals surface area (Å²) >= 11 is 0. The molecule has 1 fully saturated rings. The smallest absolute Gasteiger partial charge is 0.340 e. The molecule has 3 heterocycles. The van der Waals surface area contributed by atoms with Gasteiger partial charge in [0.1, 0.15) is 0 Å². The van der Waals surface area contributed by atoms with E-state index in [2.05, 4.69) is 67.6 Å². The number of carbonyl (C=O) groups is 2. The molecule has 0 bridgehead atoms. The molecule has 182 valence electrons. The minimum atomic E-state index is -2.11. The molecule has 2 unspecified atom stereocenters. The molecule has 0 amide bonds. The molecule has 34 heavy (non-hydrogen) atoms. The van der Waals surface area contributed by atoms with E-state index in [4.69, 9.17) is 9.16 Å². The maximum atomic E-state index is 13.4. The number of fused-ring (bicyclic) bond motifs is 5. The molecule has 1 aromatic carbocycles. The van der Waals surface area contributed by atoms with Gasteiger partial charge in [-0.25, -0.2) is 4.79 Å². The molecule has 2 aromatic rings. The number of carbonyl (C=O) groups excluding carboxylic acids is 2. The van der Waals surface area contributed by atoms with Gasteiger partial charge in [0.25, 0.3) is 0 Å². The zero-order valence-corrected chi connectivity index (χ0v) is 22.2. The number of aromatic nitrogens is 1. The van der Waals surface area contributed by atoms with Crippen LogP contribution in [0.1, 0.15) is 90.3 Å². The van der Waals surface area contributed by atoms with Gasteiger partial charge in [0, 0.05) is 31.1 Å². The summed E-state index contributed by atoms with van der Waals surface area (Å²) < 4.78 is 14.5. The van der Waals surface area contributed by atoms with Crippen molar-refractivity contribution >= 4 is 20.1 Å². The van der Waals surface area contributed by atoms with E-state index in [1.165, 1.54) is 5.56 Å². The van der Waals surface area contributed by atoms with Crippen molar-refractivity contribution in [2.75, 3.05) is 6.61 Å². The topological polar surface area (TPSA) is 60.5 Å². The van der Waals surface area contributed by atoms with Crippen molar-refractivity contribution in [3.63, 3.8) is 0 Å². The Bertz CT molecular complexity index is 1130. The van der Waals surface area contributed by atoms with Gasteiger partial charge < -0.3 is 13.7 Å². The van der Waals surface area contributed by atoms with Crippen molar-refractivity contribution in [3.05, 3.63) is 58.4 Å². The molecule has 1 aromatic heterocycles. The van der Waals surface area contributed by atoms with E-state index in [0.29, 0.717) is 36.7 Å². The third kappa shape index (κ3) is 3.69. The van der Waals surface area contributed by atoms with Gasteiger partial charge in [-0.1, -0.05) is 51.1 Å². The van der Waals surface area contributed by atoms with E-state index in [1.807, 2.05) is 13.0 Å². The molecule has 3 aliphatic rings. The summed E-state index contributed by atoms with van der Waals surface area (Å²) in [6, 6.07) is 10.9. The second-order valence-electron chi connectivity index (χ2n) is 11.4. The summed E-state index contributed by atoms with van der Waals surface area (Å²) in [7, 11) is -2.11. The molecular weight excluding hydrogens is 444 g/mol. The summed E-state index contributed by atoms with van der Waals surface area (Å²) in [6.45, 7) is 14.8. The molecular formula is C27H36N2O4Si. The van der Waals surface area contributed by atoms with Crippen molar-refractivity contribution in [1.29, 1.82) is 0 Å². The highest BCUT2D eigenvalue weighted by atomic mass is 28.4. The Balaban J connectivity index is 1.56. The lowest BCUT2D eigenvalue weighted by Crippen LogP contribution is -2.42. The molecule has 0 saturated carbocycles. The number of ketones is 1. The first kappa shape index (κ1) is 23.5. The number of nitrogens with zero attached hydrogens (tertiary/aromatic N) is 2. The first-order chi connectivity index (χ1) is 16.0. The number of benzene rings is 1. The molecule has 7 heteroatoms. The number of rotatable bonds is 6. The van der Waals surface area contributed by atoms with Crippen LogP contribution in [-0.4, -0.2) is 42.2 Å². The van der Waals surface area contributed by atoms with Gasteiger partial charge in [0.05, 0.1) is 35.7 Å². The Kier molecular flexibility index (Phi) is 5.65. The Morgan fingerprint density at radius 3 is 2.53 bits per heavy atom. The SMILES string of the molecule is CCOC(=O)c1c2c(n3c1[C@@H]1[C@H](C3)N1Cc1ccccc1)C(=O)CCC2O[Si](C)(C)C(C)(C)C. The summed E-state index contributed by atoms with van der Waals surface area (Å²) in [5.41, 5.74) is 4.30. The molecule has 6 nitrogen and oxygen atoms in total. The monoisotopic (exact) mass is 480 g/mol. The van der Waals surface area contributed by atoms with Gasteiger partial charge in [-0.2, -0.15) is 0 Å². The summed E-state index contributed by atoms with van der Waals surface area (Å²) in [4.78, 5) is 29.0. The van der Waals surface area contributed by atoms with Crippen LogP contribution < -0.4 is 0 Å². The van der Waals surface area contributed by atoms with Gasteiger partial charge in [-0.3, -0.25) is 9.69 Å². The zero-order valence-electron chi connectivity index (χ0n) is 21.2. The molecule has 0 radical (unpaired) electrons. The van der Waals surface area contributed by atoms with E-state index in [0.717, 1.165) is 24.3 Å². The Morgan fingerprint density at radius 1 is 1.18 bits per heavy atom. The second kappa shape index (κ2) is 8.17.